The predicted molar refractivity (Wildman–Crippen MR) is 45.5 cm³/mol. The number of esters is 1. The summed E-state index contributed by atoms with van der Waals surface area (Å²) in [5.41, 5.74) is 0.0613. The fraction of sp³-hybridized carbons (Fsp3) is 0.700. The van der Waals surface area contributed by atoms with Gasteiger partial charge < -0.3 is 4.74 Å². The Morgan fingerprint density at radius 2 is 2.33 bits per heavy atom. The largest absolute Gasteiger partial charge is 0.461 e. The first-order valence-corrected chi connectivity index (χ1v) is 4.50. The molecule has 0 N–H and O–H groups in total. The van der Waals surface area contributed by atoms with Crippen LogP contribution in [0.3, 0.4) is 0 Å². The van der Waals surface area contributed by atoms with Crippen LogP contribution in [0.2, 0.25) is 0 Å². The molecule has 2 aliphatic rings. The van der Waals surface area contributed by atoms with Crippen LogP contribution in [0.1, 0.15) is 26.7 Å². The molecule has 0 bridgehead atoms. The van der Waals surface area contributed by atoms with E-state index in [0.29, 0.717) is 0 Å². The van der Waals surface area contributed by atoms with Crippen molar-refractivity contribution in [3.05, 3.63) is 12.2 Å². The maximum Gasteiger partial charge on any atom is 0.309 e. The maximum atomic E-state index is 11.3. The highest BCUT2D eigenvalue weighted by Crippen LogP contribution is 2.46. The average Bonchev–Trinajstić information content (AvgIpc) is 2.28. The molecule has 1 saturated heterocycles. The van der Waals surface area contributed by atoms with Gasteiger partial charge in [0.2, 0.25) is 0 Å². The van der Waals surface area contributed by atoms with Crippen molar-refractivity contribution >= 4 is 5.97 Å². The van der Waals surface area contributed by atoms with Crippen LogP contribution in [0.4, 0.5) is 0 Å². The van der Waals surface area contributed by atoms with Gasteiger partial charge in [0.15, 0.2) is 0 Å². The van der Waals surface area contributed by atoms with Gasteiger partial charge in [0.05, 0.1) is 5.92 Å². The lowest BCUT2D eigenvalue weighted by atomic mass is 9.70. The Hall–Kier alpha value is -0.790. The number of fused-ring (bicyclic) bond motifs is 1. The summed E-state index contributed by atoms with van der Waals surface area (Å²) in [5, 5.41) is 0. The van der Waals surface area contributed by atoms with Gasteiger partial charge in [0.25, 0.3) is 0 Å². The predicted octanol–water partition coefficient (Wildman–Crippen LogP) is 1.90. The lowest BCUT2D eigenvalue weighted by Gasteiger charge is -2.32. The Morgan fingerprint density at radius 1 is 1.58 bits per heavy atom. The van der Waals surface area contributed by atoms with Crippen molar-refractivity contribution < 1.29 is 9.53 Å². The van der Waals surface area contributed by atoms with Crippen LogP contribution < -0.4 is 0 Å². The summed E-state index contributed by atoms with van der Waals surface area (Å²) in [7, 11) is 0. The van der Waals surface area contributed by atoms with Gasteiger partial charge in [-0.25, -0.2) is 0 Å². The van der Waals surface area contributed by atoms with E-state index in [2.05, 4.69) is 19.1 Å². The molecule has 66 valence electrons. The molecular formula is C10H14O2. The Bertz CT molecular complexity index is 244. The molecule has 1 heterocycles. The summed E-state index contributed by atoms with van der Waals surface area (Å²) in [6.45, 7) is 4.12. The SMILES string of the molecule is CC1C(=O)OC2CC=CCC21C. The Morgan fingerprint density at radius 3 is 3.00 bits per heavy atom. The molecule has 0 saturated carbocycles. The van der Waals surface area contributed by atoms with Gasteiger partial charge in [0, 0.05) is 11.8 Å². The zero-order valence-corrected chi connectivity index (χ0v) is 7.54. The molecule has 2 rings (SSSR count). The molecule has 0 amide bonds. The number of carbonyl (C=O) groups excluding carboxylic acids is 1. The van der Waals surface area contributed by atoms with Crippen molar-refractivity contribution in [2.75, 3.05) is 0 Å². The van der Waals surface area contributed by atoms with E-state index in [9.17, 15) is 4.79 Å². The minimum Gasteiger partial charge on any atom is -0.461 e. The second-order valence-electron chi connectivity index (χ2n) is 4.06. The van der Waals surface area contributed by atoms with E-state index < -0.39 is 0 Å². The van der Waals surface area contributed by atoms with E-state index >= 15 is 0 Å². The number of hydrogen-bond acceptors (Lipinski definition) is 2. The summed E-state index contributed by atoms with van der Waals surface area (Å²) >= 11 is 0. The van der Waals surface area contributed by atoms with Crippen LogP contribution in [-0.4, -0.2) is 12.1 Å². The summed E-state index contributed by atoms with van der Waals surface area (Å²) in [4.78, 5) is 11.3. The van der Waals surface area contributed by atoms with Crippen molar-refractivity contribution in [3.8, 4) is 0 Å². The fourth-order valence-corrected chi connectivity index (χ4v) is 2.11. The van der Waals surface area contributed by atoms with E-state index in [4.69, 9.17) is 4.74 Å². The van der Waals surface area contributed by atoms with Crippen LogP contribution in [0.5, 0.6) is 0 Å². The summed E-state index contributed by atoms with van der Waals surface area (Å²) in [6.07, 6.45) is 6.27. The quantitative estimate of drug-likeness (QED) is 0.406. The standard InChI is InChI=1S/C10H14O2/c1-7-9(11)12-8-5-3-4-6-10(7,8)2/h3-4,7-8H,5-6H2,1-2H3. The van der Waals surface area contributed by atoms with E-state index in [1.165, 1.54) is 0 Å². The third kappa shape index (κ3) is 0.838. The van der Waals surface area contributed by atoms with E-state index in [0.717, 1.165) is 12.8 Å². The number of rotatable bonds is 0. The lowest BCUT2D eigenvalue weighted by Crippen LogP contribution is -2.33. The Balaban J connectivity index is 2.32. The van der Waals surface area contributed by atoms with Crippen LogP contribution in [-0.2, 0) is 9.53 Å². The smallest absolute Gasteiger partial charge is 0.309 e. The van der Waals surface area contributed by atoms with E-state index in [1.807, 2.05) is 6.92 Å². The molecule has 1 aliphatic heterocycles. The Labute approximate surface area is 72.6 Å². The number of hydrogen-bond donors (Lipinski definition) is 0. The Kier molecular flexibility index (Phi) is 1.53. The van der Waals surface area contributed by atoms with Crippen LogP contribution in [0.15, 0.2) is 12.2 Å². The molecule has 3 atom stereocenters. The number of ether oxygens (including phenoxy) is 1. The average molecular weight is 166 g/mol. The minimum absolute atomic E-state index is 0.0220. The van der Waals surface area contributed by atoms with Crippen molar-refractivity contribution in [3.63, 3.8) is 0 Å². The van der Waals surface area contributed by atoms with Crippen molar-refractivity contribution in [2.45, 2.75) is 32.8 Å². The zero-order chi connectivity index (χ0) is 8.77. The van der Waals surface area contributed by atoms with Crippen LogP contribution in [0.25, 0.3) is 0 Å². The van der Waals surface area contributed by atoms with Crippen LogP contribution in [0, 0.1) is 11.3 Å². The number of carbonyl (C=O) groups is 1. The van der Waals surface area contributed by atoms with Crippen molar-refractivity contribution in [2.24, 2.45) is 11.3 Å². The highest BCUT2D eigenvalue weighted by Gasteiger charge is 2.51. The zero-order valence-electron chi connectivity index (χ0n) is 7.54. The third-order valence-electron chi connectivity index (χ3n) is 3.41. The lowest BCUT2D eigenvalue weighted by molar-refractivity contribution is -0.143. The molecule has 0 radical (unpaired) electrons. The first kappa shape index (κ1) is 7.84. The molecule has 0 spiro atoms. The van der Waals surface area contributed by atoms with Crippen LogP contribution >= 0.6 is 0 Å². The summed E-state index contributed by atoms with van der Waals surface area (Å²) < 4.78 is 5.29. The maximum absolute atomic E-state index is 11.3. The molecule has 1 fully saturated rings. The second-order valence-corrected chi connectivity index (χ2v) is 4.06. The third-order valence-corrected chi connectivity index (χ3v) is 3.41. The summed E-state index contributed by atoms with van der Waals surface area (Å²) in [5.74, 6) is 0.0404. The molecule has 2 nitrogen and oxygen atoms in total. The van der Waals surface area contributed by atoms with Gasteiger partial charge >= 0.3 is 5.97 Å². The van der Waals surface area contributed by atoms with Crippen molar-refractivity contribution in [1.29, 1.82) is 0 Å². The minimum atomic E-state index is -0.0220. The monoisotopic (exact) mass is 166 g/mol. The summed E-state index contributed by atoms with van der Waals surface area (Å²) in [6, 6.07) is 0. The molecule has 0 aromatic rings. The highest BCUT2D eigenvalue weighted by molar-refractivity contribution is 5.76. The fourth-order valence-electron chi connectivity index (χ4n) is 2.11. The van der Waals surface area contributed by atoms with Gasteiger partial charge in [-0.15, -0.1) is 0 Å². The van der Waals surface area contributed by atoms with Gasteiger partial charge in [-0.1, -0.05) is 26.0 Å². The van der Waals surface area contributed by atoms with Gasteiger partial charge in [-0.2, -0.15) is 0 Å². The molecule has 3 unspecified atom stereocenters. The molecule has 0 aromatic heterocycles. The molecule has 0 aromatic carbocycles. The molecule has 2 heteroatoms. The molecule has 12 heavy (non-hydrogen) atoms. The normalized spacial score (nSPS) is 45.7. The van der Waals surface area contributed by atoms with Crippen molar-refractivity contribution in [1.82, 2.24) is 0 Å². The molecule has 1 aliphatic carbocycles. The topological polar surface area (TPSA) is 26.3 Å². The molecular weight excluding hydrogens is 152 g/mol. The highest BCUT2D eigenvalue weighted by atomic mass is 16.6. The second kappa shape index (κ2) is 2.35. The first-order chi connectivity index (χ1) is 5.64. The van der Waals surface area contributed by atoms with Gasteiger partial charge in [0.1, 0.15) is 6.10 Å². The van der Waals surface area contributed by atoms with E-state index in [1.54, 1.807) is 0 Å². The van der Waals surface area contributed by atoms with Gasteiger partial charge in [-0.05, 0) is 6.42 Å². The van der Waals surface area contributed by atoms with Gasteiger partial charge in [-0.3, -0.25) is 4.79 Å². The first-order valence-electron chi connectivity index (χ1n) is 4.50. The number of allylic oxidation sites excluding steroid dienone is 1. The van der Waals surface area contributed by atoms with E-state index in [-0.39, 0.29) is 23.4 Å².